The van der Waals surface area contributed by atoms with Crippen molar-refractivity contribution >= 4 is 80.3 Å². The third-order valence-corrected chi connectivity index (χ3v) is 15.6. The van der Waals surface area contributed by atoms with Gasteiger partial charge in [-0.25, -0.2) is 0 Å². The number of anilines is 6. The van der Waals surface area contributed by atoms with Crippen LogP contribution in [0.15, 0.2) is 182 Å². The zero-order chi connectivity index (χ0) is 45.2. The fourth-order valence-corrected chi connectivity index (χ4v) is 12.5. The van der Waals surface area contributed by atoms with Gasteiger partial charge in [0.2, 0.25) is 0 Å². The molecule has 6 aliphatic heterocycles. The lowest BCUT2D eigenvalue weighted by Crippen LogP contribution is -2.61. The molecule has 0 aromatic heterocycles. The van der Waals surface area contributed by atoms with E-state index in [2.05, 4.69) is 219 Å². The minimum Gasteiger partial charge on any atom is -0.458 e. The smallest absolute Gasteiger partial charge is 0.260 e. The molecular formula is C60H42B2N2O4. The molecule has 0 unspecified atom stereocenters. The Bertz CT molecular complexity index is 3380. The van der Waals surface area contributed by atoms with Crippen molar-refractivity contribution in [2.75, 3.05) is 9.80 Å². The van der Waals surface area contributed by atoms with Crippen LogP contribution < -0.4 is 61.5 Å². The first-order valence-corrected chi connectivity index (χ1v) is 23.6. The van der Waals surface area contributed by atoms with E-state index >= 15 is 0 Å². The molecule has 322 valence electrons. The summed E-state index contributed by atoms with van der Waals surface area (Å²) in [5.74, 6) is 6.35. The van der Waals surface area contributed by atoms with Crippen LogP contribution in [-0.4, -0.2) is 13.4 Å². The van der Waals surface area contributed by atoms with Gasteiger partial charge in [0, 0.05) is 52.1 Å². The van der Waals surface area contributed by atoms with Gasteiger partial charge in [0.05, 0.1) is 34.1 Å². The van der Waals surface area contributed by atoms with E-state index in [1.165, 1.54) is 22.3 Å². The van der Waals surface area contributed by atoms with Gasteiger partial charge in [-0.05, 0) is 80.5 Å². The molecule has 0 amide bonds. The largest absolute Gasteiger partial charge is 0.458 e. The lowest BCUT2D eigenvalue weighted by Gasteiger charge is -2.43. The van der Waals surface area contributed by atoms with Gasteiger partial charge < -0.3 is 28.7 Å². The van der Waals surface area contributed by atoms with E-state index in [0.717, 1.165) is 113 Å². The molecule has 8 heteroatoms. The number of benzene rings is 9. The van der Waals surface area contributed by atoms with Gasteiger partial charge in [-0.1, -0.05) is 143 Å². The van der Waals surface area contributed by atoms with E-state index in [9.17, 15) is 0 Å². The number of para-hydroxylation sites is 6. The molecule has 0 spiro atoms. The van der Waals surface area contributed by atoms with Crippen molar-refractivity contribution in [2.45, 2.75) is 38.5 Å². The second-order valence-electron chi connectivity index (χ2n) is 20.0. The van der Waals surface area contributed by atoms with E-state index in [1.54, 1.807) is 0 Å². The van der Waals surface area contributed by atoms with Gasteiger partial charge in [-0.15, -0.1) is 0 Å². The average molecular weight is 877 g/mol. The van der Waals surface area contributed by atoms with Crippen LogP contribution in [0.3, 0.4) is 0 Å². The summed E-state index contributed by atoms with van der Waals surface area (Å²) in [5.41, 5.74) is 17.6. The van der Waals surface area contributed by atoms with Gasteiger partial charge in [0.25, 0.3) is 13.4 Å². The molecule has 15 rings (SSSR count). The predicted octanol–water partition coefficient (Wildman–Crippen LogP) is 11.4. The first-order chi connectivity index (χ1) is 33.2. The fourth-order valence-electron chi connectivity index (χ4n) is 12.5. The summed E-state index contributed by atoms with van der Waals surface area (Å²) in [6.45, 7) is 8.98. The molecule has 0 aliphatic carbocycles. The van der Waals surface area contributed by atoms with Gasteiger partial charge in [-0.2, -0.15) is 0 Å². The number of ether oxygens (including phenoxy) is 4. The Morgan fingerprint density at radius 2 is 0.618 bits per heavy atom. The summed E-state index contributed by atoms with van der Waals surface area (Å²) >= 11 is 0. The number of fused-ring (bicyclic) bond motifs is 12. The molecule has 6 nitrogen and oxygen atoms in total. The summed E-state index contributed by atoms with van der Waals surface area (Å²) in [6, 6.07) is 65.2. The molecule has 0 saturated carbocycles. The molecule has 0 atom stereocenters. The van der Waals surface area contributed by atoms with Crippen molar-refractivity contribution in [1.82, 2.24) is 0 Å². The van der Waals surface area contributed by atoms with Crippen molar-refractivity contribution in [2.24, 2.45) is 0 Å². The molecule has 9 aromatic carbocycles. The first kappa shape index (κ1) is 38.1. The predicted molar refractivity (Wildman–Crippen MR) is 275 cm³/mol. The second-order valence-corrected chi connectivity index (χ2v) is 20.0. The highest BCUT2D eigenvalue weighted by Gasteiger charge is 2.47. The molecule has 6 heterocycles. The molecule has 0 fully saturated rings. The van der Waals surface area contributed by atoms with Gasteiger partial charge in [0.15, 0.2) is 0 Å². The minimum absolute atomic E-state index is 0.144. The SMILES string of the molecule is CC1(C)c2ccccc2N(c2cc3c4c(c2)Oc2cc5c(cc2B4c2ccccc2O3)B2c3ccccc3Oc3cc(N4c6ccccc6C(C)(C)c6ccccc64)cc(c32)O5)c2ccccc21. The molecule has 0 saturated heterocycles. The molecule has 0 radical (unpaired) electrons. The lowest BCUT2D eigenvalue weighted by molar-refractivity contribution is 0.452. The normalized spacial score (nSPS) is 15.9. The van der Waals surface area contributed by atoms with Crippen molar-refractivity contribution < 1.29 is 18.9 Å². The maximum absolute atomic E-state index is 7.21. The minimum atomic E-state index is -0.188. The molecule has 9 aromatic rings. The van der Waals surface area contributed by atoms with Crippen LogP contribution in [0.1, 0.15) is 49.9 Å². The lowest BCUT2D eigenvalue weighted by atomic mass is 9.31. The van der Waals surface area contributed by atoms with Crippen molar-refractivity contribution in [3.63, 3.8) is 0 Å². The molecule has 6 aliphatic rings. The molecular weight excluding hydrogens is 834 g/mol. The van der Waals surface area contributed by atoms with Gasteiger partial charge >= 0.3 is 0 Å². The summed E-state index contributed by atoms with van der Waals surface area (Å²) in [7, 11) is 0. The summed E-state index contributed by atoms with van der Waals surface area (Å²) in [5, 5.41) is 0. The molecule has 68 heavy (non-hydrogen) atoms. The fraction of sp³-hybridized carbons (Fsp3) is 0.100. The van der Waals surface area contributed by atoms with Crippen LogP contribution in [-0.2, 0) is 10.8 Å². The number of rotatable bonds is 2. The Labute approximate surface area is 396 Å². The number of hydrogen-bond acceptors (Lipinski definition) is 6. The Kier molecular flexibility index (Phi) is 7.44. The Balaban J connectivity index is 0.917. The van der Waals surface area contributed by atoms with E-state index in [0.29, 0.717) is 0 Å². The Morgan fingerprint density at radius 3 is 0.985 bits per heavy atom. The van der Waals surface area contributed by atoms with Crippen LogP contribution in [0.2, 0.25) is 0 Å². The maximum atomic E-state index is 7.21. The Hall–Kier alpha value is -8.09. The van der Waals surface area contributed by atoms with Crippen LogP contribution in [0.25, 0.3) is 0 Å². The first-order valence-electron chi connectivity index (χ1n) is 23.6. The summed E-state index contributed by atoms with van der Waals surface area (Å²) in [6.07, 6.45) is 0. The highest BCUT2D eigenvalue weighted by atomic mass is 16.5. The summed E-state index contributed by atoms with van der Waals surface area (Å²) in [4.78, 5) is 4.74. The van der Waals surface area contributed by atoms with Crippen LogP contribution in [0.5, 0.6) is 46.0 Å². The van der Waals surface area contributed by atoms with Crippen LogP contribution in [0.4, 0.5) is 34.1 Å². The highest BCUT2D eigenvalue weighted by Crippen LogP contribution is 2.55. The van der Waals surface area contributed by atoms with Crippen molar-refractivity contribution in [3.05, 3.63) is 204 Å². The van der Waals surface area contributed by atoms with Gasteiger partial charge in [-0.3, -0.25) is 0 Å². The van der Waals surface area contributed by atoms with E-state index in [-0.39, 0.29) is 24.3 Å². The second kappa shape index (κ2) is 13.3. The van der Waals surface area contributed by atoms with Gasteiger partial charge in [0.1, 0.15) is 46.0 Å². The van der Waals surface area contributed by atoms with E-state index in [4.69, 9.17) is 18.9 Å². The quantitative estimate of drug-likeness (QED) is 0.161. The third kappa shape index (κ3) is 4.99. The standard InChI is InChI=1S/C60H42B2N2O4/c1-59(2)37-17-5-11-23-45(37)63(46-24-12-6-18-38(46)59)35-29-53-57-55(31-35)67-51-34-52-44(33-43(51)61(57)41-21-9-15-27-49(41)65-53)62-42-22-10-16-28-50(42)66-54-30-36(32-56(68-52)58(54)62)64-47-25-13-7-19-39(47)60(3,4)40-20-8-14-26-48(40)64/h5-34H,1-4H3. The summed E-state index contributed by atoms with van der Waals surface area (Å²) < 4.78 is 28.3. The average Bonchev–Trinajstić information content (AvgIpc) is 3.36. The molecule has 0 bridgehead atoms. The zero-order valence-electron chi connectivity index (χ0n) is 38.0. The maximum Gasteiger partial charge on any atom is 0.260 e. The van der Waals surface area contributed by atoms with Crippen LogP contribution >= 0.6 is 0 Å². The monoisotopic (exact) mass is 876 g/mol. The highest BCUT2D eigenvalue weighted by molar-refractivity contribution is 7.01. The third-order valence-electron chi connectivity index (χ3n) is 15.6. The zero-order valence-corrected chi connectivity index (χ0v) is 38.0. The van der Waals surface area contributed by atoms with E-state index < -0.39 is 0 Å². The van der Waals surface area contributed by atoms with Crippen LogP contribution in [0, 0.1) is 0 Å². The molecule has 0 N–H and O–H groups in total. The van der Waals surface area contributed by atoms with Crippen molar-refractivity contribution in [1.29, 1.82) is 0 Å². The van der Waals surface area contributed by atoms with E-state index in [1.807, 2.05) is 0 Å². The van der Waals surface area contributed by atoms with Crippen molar-refractivity contribution in [3.8, 4) is 46.0 Å². The Morgan fingerprint density at radius 1 is 0.309 bits per heavy atom. The number of hydrogen-bond donors (Lipinski definition) is 0. The number of nitrogens with zero attached hydrogens (tertiary/aromatic N) is 2. The topological polar surface area (TPSA) is 43.4 Å².